The molecule has 0 saturated carbocycles. The van der Waals surface area contributed by atoms with Crippen LogP contribution in [0.2, 0.25) is 0 Å². The van der Waals surface area contributed by atoms with Gasteiger partial charge in [-0.1, -0.05) is 18.2 Å². The van der Waals surface area contributed by atoms with Gasteiger partial charge in [0, 0.05) is 24.8 Å². The summed E-state index contributed by atoms with van der Waals surface area (Å²) in [5.74, 6) is 0.746. The number of carbonyl (C=O) groups is 1. The lowest BCUT2D eigenvalue weighted by Crippen LogP contribution is -2.16. The van der Waals surface area contributed by atoms with Crippen molar-refractivity contribution in [1.82, 2.24) is 5.32 Å². The van der Waals surface area contributed by atoms with Crippen molar-refractivity contribution in [1.29, 1.82) is 0 Å². The smallest absolute Gasteiger partial charge is 0.224 e. The second-order valence-electron chi connectivity index (χ2n) is 5.04. The van der Waals surface area contributed by atoms with E-state index in [1.807, 2.05) is 24.3 Å². The van der Waals surface area contributed by atoms with Crippen molar-refractivity contribution in [3.63, 3.8) is 0 Å². The highest BCUT2D eigenvalue weighted by molar-refractivity contribution is 5.91. The van der Waals surface area contributed by atoms with Gasteiger partial charge in [0.25, 0.3) is 0 Å². The highest BCUT2D eigenvalue weighted by atomic mass is 35.5. The molecule has 1 amide bonds. The monoisotopic (exact) mass is 298 g/mol. The Morgan fingerprint density at radius 3 is 2.95 bits per heavy atom. The Balaban J connectivity index is 0.00000200. The Kier molecular flexibility index (Phi) is 7.59. The third-order valence-corrected chi connectivity index (χ3v) is 3.53. The number of nitrogens with one attached hydrogen (secondary N) is 2. The van der Waals surface area contributed by atoms with E-state index in [0.29, 0.717) is 18.9 Å². The average molecular weight is 299 g/mol. The van der Waals surface area contributed by atoms with Crippen molar-refractivity contribution >= 4 is 24.0 Å². The molecule has 112 valence electrons. The summed E-state index contributed by atoms with van der Waals surface area (Å²) in [6.07, 6.45) is 2.74. The molecule has 2 N–H and O–H groups in total. The molecule has 1 aliphatic heterocycles. The summed E-state index contributed by atoms with van der Waals surface area (Å²) < 4.78 is 5.13. The molecule has 1 aromatic rings. The van der Waals surface area contributed by atoms with Crippen molar-refractivity contribution in [3.05, 3.63) is 29.8 Å². The Labute approximate surface area is 126 Å². The zero-order valence-electron chi connectivity index (χ0n) is 11.9. The number of hydrogen-bond acceptors (Lipinski definition) is 3. The second-order valence-corrected chi connectivity index (χ2v) is 5.04. The van der Waals surface area contributed by atoms with Crippen LogP contribution in [-0.2, 0) is 16.1 Å². The molecule has 20 heavy (non-hydrogen) atoms. The SMILES string of the molecule is COCc1ccccc1NC(=O)CCC1CCNC1.Cl. The third kappa shape index (κ3) is 5.12. The summed E-state index contributed by atoms with van der Waals surface area (Å²) in [6.45, 7) is 2.65. The number of para-hydroxylation sites is 1. The van der Waals surface area contributed by atoms with E-state index >= 15 is 0 Å². The van der Waals surface area contributed by atoms with Crippen LogP contribution in [0.5, 0.6) is 0 Å². The lowest BCUT2D eigenvalue weighted by molar-refractivity contribution is -0.116. The number of anilines is 1. The predicted molar refractivity (Wildman–Crippen MR) is 83.2 cm³/mol. The minimum Gasteiger partial charge on any atom is -0.380 e. The zero-order chi connectivity index (χ0) is 13.5. The molecule has 4 nitrogen and oxygen atoms in total. The number of rotatable bonds is 6. The van der Waals surface area contributed by atoms with Gasteiger partial charge in [0.05, 0.1) is 6.61 Å². The summed E-state index contributed by atoms with van der Waals surface area (Å²) in [7, 11) is 1.66. The fraction of sp³-hybridized carbons (Fsp3) is 0.533. The lowest BCUT2D eigenvalue weighted by atomic mass is 10.0. The molecule has 1 aromatic carbocycles. The topological polar surface area (TPSA) is 50.4 Å². The van der Waals surface area contributed by atoms with Gasteiger partial charge in [-0.2, -0.15) is 0 Å². The van der Waals surface area contributed by atoms with E-state index in [9.17, 15) is 4.79 Å². The molecule has 1 heterocycles. The maximum Gasteiger partial charge on any atom is 0.224 e. The molecule has 2 rings (SSSR count). The molecule has 1 unspecified atom stereocenters. The summed E-state index contributed by atoms with van der Waals surface area (Å²) in [6, 6.07) is 7.77. The first-order valence-corrected chi connectivity index (χ1v) is 6.87. The van der Waals surface area contributed by atoms with Gasteiger partial charge in [-0.3, -0.25) is 4.79 Å². The van der Waals surface area contributed by atoms with Crippen LogP contribution < -0.4 is 10.6 Å². The minimum atomic E-state index is 0. The molecule has 0 aliphatic carbocycles. The highest BCUT2D eigenvalue weighted by Gasteiger charge is 2.16. The van der Waals surface area contributed by atoms with Gasteiger partial charge in [-0.15, -0.1) is 12.4 Å². The number of ether oxygens (including phenoxy) is 1. The number of hydrogen-bond donors (Lipinski definition) is 2. The molecule has 0 aromatic heterocycles. The van der Waals surface area contributed by atoms with Crippen LogP contribution in [0, 0.1) is 5.92 Å². The van der Waals surface area contributed by atoms with Crippen molar-refractivity contribution in [2.24, 2.45) is 5.92 Å². The summed E-state index contributed by atoms with van der Waals surface area (Å²) in [5.41, 5.74) is 1.87. The fourth-order valence-corrected chi connectivity index (χ4v) is 2.43. The molecular weight excluding hydrogens is 276 g/mol. The third-order valence-electron chi connectivity index (χ3n) is 3.53. The number of methoxy groups -OCH3 is 1. The van der Waals surface area contributed by atoms with Gasteiger partial charge in [0.1, 0.15) is 0 Å². The predicted octanol–water partition coefficient (Wildman–Crippen LogP) is 2.58. The van der Waals surface area contributed by atoms with Gasteiger partial charge in [0.2, 0.25) is 5.91 Å². The van der Waals surface area contributed by atoms with Gasteiger partial charge < -0.3 is 15.4 Å². The van der Waals surface area contributed by atoms with E-state index in [1.165, 1.54) is 6.42 Å². The average Bonchev–Trinajstić information content (AvgIpc) is 2.92. The first-order valence-electron chi connectivity index (χ1n) is 6.87. The molecule has 5 heteroatoms. The largest absolute Gasteiger partial charge is 0.380 e. The Bertz CT molecular complexity index is 420. The van der Waals surface area contributed by atoms with Crippen molar-refractivity contribution in [3.8, 4) is 0 Å². The number of benzene rings is 1. The van der Waals surface area contributed by atoms with Gasteiger partial charge in [-0.25, -0.2) is 0 Å². The van der Waals surface area contributed by atoms with E-state index in [0.717, 1.165) is 30.8 Å². The standard InChI is InChI=1S/C15H22N2O2.ClH/c1-19-11-13-4-2-3-5-14(13)17-15(18)7-6-12-8-9-16-10-12;/h2-5,12,16H,6-11H2,1H3,(H,17,18);1H. The Hall–Kier alpha value is -1.10. The van der Waals surface area contributed by atoms with Crippen molar-refractivity contribution < 1.29 is 9.53 Å². The summed E-state index contributed by atoms with van der Waals surface area (Å²) in [5, 5.41) is 6.30. The highest BCUT2D eigenvalue weighted by Crippen LogP contribution is 2.18. The van der Waals surface area contributed by atoms with Gasteiger partial charge in [-0.05, 0) is 37.9 Å². The van der Waals surface area contributed by atoms with Crippen LogP contribution in [0.4, 0.5) is 5.69 Å². The van der Waals surface area contributed by atoms with Gasteiger partial charge in [0.15, 0.2) is 0 Å². The normalized spacial score (nSPS) is 17.6. The molecule has 1 atom stereocenters. The van der Waals surface area contributed by atoms with Crippen molar-refractivity contribution in [2.75, 3.05) is 25.5 Å². The molecular formula is C15H23ClN2O2. The van der Waals surface area contributed by atoms with Gasteiger partial charge >= 0.3 is 0 Å². The summed E-state index contributed by atoms with van der Waals surface area (Å²) >= 11 is 0. The van der Waals surface area contributed by atoms with Crippen LogP contribution in [0.3, 0.4) is 0 Å². The van der Waals surface area contributed by atoms with E-state index in [2.05, 4.69) is 10.6 Å². The fourth-order valence-electron chi connectivity index (χ4n) is 2.43. The summed E-state index contributed by atoms with van der Waals surface area (Å²) in [4.78, 5) is 12.0. The molecule has 1 aliphatic rings. The van der Waals surface area contributed by atoms with E-state index in [4.69, 9.17) is 4.74 Å². The van der Waals surface area contributed by atoms with Crippen LogP contribution in [0.15, 0.2) is 24.3 Å². The van der Waals surface area contributed by atoms with E-state index in [-0.39, 0.29) is 18.3 Å². The molecule has 0 radical (unpaired) electrons. The van der Waals surface area contributed by atoms with Crippen LogP contribution >= 0.6 is 12.4 Å². The van der Waals surface area contributed by atoms with Crippen LogP contribution in [0.25, 0.3) is 0 Å². The minimum absolute atomic E-state index is 0. The second kappa shape index (κ2) is 8.95. The Morgan fingerprint density at radius 2 is 2.25 bits per heavy atom. The molecule has 1 fully saturated rings. The number of halogens is 1. The molecule has 0 spiro atoms. The first kappa shape index (κ1) is 17.0. The van der Waals surface area contributed by atoms with E-state index < -0.39 is 0 Å². The van der Waals surface area contributed by atoms with Crippen LogP contribution in [-0.4, -0.2) is 26.1 Å². The maximum absolute atomic E-state index is 12.0. The van der Waals surface area contributed by atoms with Crippen LogP contribution in [0.1, 0.15) is 24.8 Å². The zero-order valence-corrected chi connectivity index (χ0v) is 12.7. The Morgan fingerprint density at radius 1 is 1.45 bits per heavy atom. The molecule has 0 bridgehead atoms. The first-order chi connectivity index (χ1) is 9.29. The van der Waals surface area contributed by atoms with E-state index in [1.54, 1.807) is 7.11 Å². The maximum atomic E-state index is 12.0. The quantitative estimate of drug-likeness (QED) is 0.849. The lowest BCUT2D eigenvalue weighted by Gasteiger charge is -2.11. The number of amides is 1. The number of carbonyl (C=O) groups excluding carboxylic acids is 1. The molecule has 1 saturated heterocycles. The van der Waals surface area contributed by atoms with Crippen molar-refractivity contribution in [2.45, 2.75) is 25.9 Å².